The number of amides is 1. The van der Waals surface area contributed by atoms with E-state index in [4.69, 9.17) is 4.74 Å². The monoisotopic (exact) mass is 552 g/mol. The van der Waals surface area contributed by atoms with Crippen LogP contribution in [0.15, 0.2) is 39.9 Å². The van der Waals surface area contributed by atoms with Crippen LogP contribution >= 0.6 is 22.7 Å². The van der Waals surface area contributed by atoms with E-state index in [-0.39, 0.29) is 18.3 Å². The number of rotatable bonds is 8. The lowest BCUT2D eigenvalue weighted by atomic mass is 9.98. The number of thiazole rings is 1. The first kappa shape index (κ1) is 25.7. The van der Waals surface area contributed by atoms with Crippen LogP contribution in [0.4, 0.5) is 9.52 Å². The summed E-state index contributed by atoms with van der Waals surface area (Å²) in [5, 5.41) is 2.27. The smallest absolute Gasteiger partial charge is 0.252 e. The van der Waals surface area contributed by atoms with Crippen molar-refractivity contribution < 1.29 is 22.3 Å². The predicted octanol–water partition coefficient (Wildman–Crippen LogP) is 3.65. The third-order valence-electron chi connectivity index (χ3n) is 6.62. The highest BCUT2D eigenvalue weighted by atomic mass is 32.2. The van der Waals surface area contributed by atoms with Crippen molar-refractivity contribution in [1.29, 1.82) is 0 Å². The van der Waals surface area contributed by atoms with Gasteiger partial charge in [0.05, 0.1) is 29.3 Å². The van der Waals surface area contributed by atoms with Gasteiger partial charge in [-0.2, -0.15) is 4.31 Å². The molecule has 0 radical (unpaired) electrons. The fourth-order valence-corrected chi connectivity index (χ4v) is 8.39. The molecular weight excluding hydrogens is 523 g/mol. The molecule has 8 nitrogen and oxygen atoms in total. The number of carbonyl (C=O) groups is 1. The lowest BCUT2D eigenvalue weighted by Gasteiger charge is -2.34. The van der Waals surface area contributed by atoms with E-state index in [1.165, 1.54) is 39.1 Å². The Kier molecular flexibility index (Phi) is 7.99. The van der Waals surface area contributed by atoms with Gasteiger partial charge in [0.2, 0.25) is 5.91 Å². The Hall–Kier alpha value is -1.96. The van der Waals surface area contributed by atoms with E-state index in [0.29, 0.717) is 58.7 Å². The number of anilines is 1. The first-order valence-electron chi connectivity index (χ1n) is 12.1. The number of morpholine rings is 1. The van der Waals surface area contributed by atoms with Crippen LogP contribution in [-0.4, -0.2) is 81.0 Å². The SMILES string of the molecule is O=C(C1CCCN(S(=O)(=O)c2cccs2)C1)N(CCCN1CCOCC1)c1nc2ccc(F)cc2s1. The number of nitrogens with zero attached hydrogens (tertiary/aromatic N) is 4. The third-order valence-corrected chi connectivity index (χ3v) is 10.9. The number of sulfonamides is 1. The Morgan fingerprint density at radius 3 is 2.83 bits per heavy atom. The number of fused-ring (bicyclic) bond motifs is 1. The lowest BCUT2D eigenvalue weighted by molar-refractivity contribution is -0.123. The minimum absolute atomic E-state index is 0.123. The van der Waals surface area contributed by atoms with Gasteiger partial charge in [0.25, 0.3) is 10.0 Å². The maximum Gasteiger partial charge on any atom is 0.252 e. The van der Waals surface area contributed by atoms with Crippen LogP contribution in [0.2, 0.25) is 0 Å². The van der Waals surface area contributed by atoms with Gasteiger partial charge in [-0.05, 0) is 48.9 Å². The maximum atomic E-state index is 13.8. The first-order chi connectivity index (χ1) is 17.4. The van der Waals surface area contributed by atoms with Gasteiger partial charge in [-0.3, -0.25) is 14.6 Å². The Bertz CT molecular complexity index is 1290. The van der Waals surface area contributed by atoms with Crippen molar-refractivity contribution in [3.05, 3.63) is 41.5 Å². The molecule has 2 aromatic heterocycles. The topological polar surface area (TPSA) is 83.1 Å². The molecule has 4 heterocycles. The summed E-state index contributed by atoms with van der Waals surface area (Å²) in [5.74, 6) is -0.923. The zero-order valence-corrected chi connectivity index (χ0v) is 22.3. The Morgan fingerprint density at radius 1 is 1.22 bits per heavy atom. The summed E-state index contributed by atoms with van der Waals surface area (Å²) < 4.78 is 47.8. The van der Waals surface area contributed by atoms with Crippen molar-refractivity contribution in [3.63, 3.8) is 0 Å². The summed E-state index contributed by atoms with van der Waals surface area (Å²) in [7, 11) is -3.62. The number of carbonyl (C=O) groups excluding carboxylic acids is 1. The summed E-state index contributed by atoms with van der Waals surface area (Å²) in [4.78, 5) is 22.5. The molecule has 0 spiro atoms. The van der Waals surface area contributed by atoms with Crippen molar-refractivity contribution >= 4 is 54.0 Å². The molecule has 1 atom stereocenters. The highest BCUT2D eigenvalue weighted by Crippen LogP contribution is 2.33. The molecule has 1 aromatic carbocycles. The van der Waals surface area contributed by atoms with E-state index in [1.807, 2.05) is 0 Å². The molecule has 194 valence electrons. The van der Waals surface area contributed by atoms with Gasteiger partial charge < -0.3 is 4.74 Å². The van der Waals surface area contributed by atoms with Gasteiger partial charge in [0.1, 0.15) is 10.0 Å². The van der Waals surface area contributed by atoms with Crippen LogP contribution < -0.4 is 4.90 Å². The van der Waals surface area contributed by atoms with Gasteiger partial charge in [-0.25, -0.2) is 17.8 Å². The fraction of sp³-hybridized carbons (Fsp3) is 0.500. The molecule has 1 amide bonds. The van der Waals surface area contributed by atoms with E-state index in [1.54, 1.807) is 28.5 Å². The molecule has 0 bridgehead atoms. The number of ether oxygens (including phenoxy) is 1. The lowest BCUT2D eigenvalue weighted by Crippen LogP contribution is -2.47. The van der Waals surface area contributed by atoms with Gasteiger partial charge in [-0.15, -0.1) is 11.3 Å². The molecule has 0 N–H and O–H groups in total. The molecule has 2 aliphatic rings. The third kappa shape index (κ3) is 5.63. The number of aromatic nitrogens is 1. The second-order valence-electron chi connectivity index (χ2n) is 9.04. The molecule has 1 unspecified atom stereocenters. The number of thiophene rings is 1. The van der Waals surface area contributed by atoms with E-state index in [9.17, 15) is 17.6 Å². The number of benzene rings is 1. The summed E-state index contributed by atoms with van der Waals surface area (Å²) in [6, 6.07) is 7.74. The summed E-state index contributed by atoms with van der Waals surface area (Å²) in [5.41, 5.74) is 0.646. The van der Waals surface area contributed by atoms with Gasteiger partial charge in [-0.1, -0.05) is 17.4 Å². The van der Waals surface area contributed by atoms with Crippen LogP contribution in [0.5, 0.6) is 0 Å². The zero-order valence-electron chi connectivity index (χ0n) is 19.8. The zero-order chi connectivity index (χ0) is 25.1. The summed E-state index contributed by atoms with van der Waals surface area (Å²) >= 11 is 2.48. The highest BCUT2D eigenvalue weighted by Gasteiger charge is 2.36. The average molecular weight is 553 g/mol. The van der Waals surface area contributed by atoms with E-state index in [2.05, 4.69) is 9.88 Å². The second-order valence-corrected chi connectivity index (χ2v) is 13.2. The van der Waals surface area contributed by atoms with Crippen LogP contribution in [0.3, 0.4) is 0 Å². The van der Waals surface area contributed by atoms with Gasteiger partial charge in [0, 0.05) is 39.3 Å². The fourth-order valence-electron chi connectivity index (χ4n) is 4.70. The van der Waals surface area contributed by atoms with Crippen LogP contribution in [-0.2, 0) is 19.6 Å². The minimum Gasteiger partial charge on any atom is -0.379 e. The normalized spacial score (nSPS) is 20.1. The van der Waals surface area contributed by atoms with Crippen LogP contribution in [0, 0.1) is 11.7 Å². The second kappa shape index (κ2) is 11.2. The predicted molar refractivity (Wildman–Crippen MR) is 140 cm³/mol. The largest absolute Gasteiger partial charge is 0.379 e. The average Bonchev–Trinajstić information content (AvgIpc) is 3.58. The maximum absolute atomic E-state index is 13.8. The quantitative estimate of drug-likeness (QED) is 0.424. The number of hydrogen-bond donors (Lipinski definition) is 0. The highest BCUT2D eigenvalue weighted by molar-refractivity contribution is 7.91. The molecule has 2 aliphatic heterocycles. The minimum atomic E-state index is -3.62. The van der Waals surface area contributed by atoms with Gasteiger partial charge >= 0.3 is 0 Å². The molecular formula is C24H29FN4O4S3. The molecule has 2 saturated heterocycles. The Morgan fingerprint density at radius 2 is 2.06 bits per heavy atom. The Labute approximate surface area is 218 Å². The van der Waals surface area contributed by atoms with Crippen molar-refractivity contribution in [3.8, 4) is 0 Å². The first-order valence-corrected chi connectivity index (χ1v) is 15.3. The number of hydrogen-bond acceptors (Lipinski definition) is 8. The van der Waals surface area contributed by atoms with E-state index in [0.717, 1.165) is 26.1 Å². The molecule has 5 rings (SSSR count). The van der Waals surface area contributed by atoms with Crippen molar-refractivity contribution in [2.24, 2.45) is 5.92 Å². The number of halogens is 1. The number of piperidine rings is 1. The van der Waals surface area contributed by atoms with Crippen LogP contribution in [0.1, 0.15) is 19.3 Å². The summed E-state index contributed by atoms with van der Waals surface area (Å²) in [6.45, 7) is 5.01. The summed E-state index contributed by atoms with van der Waals surface area (Å²) in [6.07, 6.45) is 1.99. The van der Waals surface area contributed by atoms with Crippen molar-refractivity contribution in [1.82, 2.24) is 14.2 Å². The van der Waals surface area contributed by atoms with Crippen molar-refractivity contribution in [2.45, 2.75) is 23.5 Å². The molecule has 2 fully saturated rings. The molecule has 0 saturated carbocycles. The molecule has 3 aromatic rings. The standard InChI is InChI=1S/C24H29FN4O4S3/c25-19-6-7-20-21(16-19)35-24(26-20)29(10-3-8-27-11-13-33-14-12-27)23(30)18-4-1-9-28(17-18)36(31,32)22-5-2-15-34-22/h2,5-7,15-16,18H,1,3-4,8-14,17H2. The van der Waals surface area contributed by atoms with Crippen molar-refractivity contribution in [2.75, 3.05) is 57.4 Å². The van der Waals surface area contributed by atoms with Crippen LogP contribution in [0.25, 0.3) is 10.2 Å². The Balaban J connectivity index is 1.35. The van der Waals surface area contributed by atoms with E-state index < -0.39 is 15.9 Å². The molecule has 12 heteroatoms. The van der Waals surface area contributed by atoms with E-state index >= 15 is 0 Å². The molecule has 36 heavy (non-hydrogen) atoms. The van der Waals surface area contributed by atoms with Gasteiger partial charge in [0.15, 0.2) is 5.13 Å². The molecule has 0 aliphatic carbocycles.